The van der Waals surface area contributed by atoms with Crippen LogP contribution in [0.4, 0.5) is 0 Å². The molecular formula is C17H22N2O3S. The van der Waals surface area contributed by atoms with Gasteiger partial charge in [0.25, 0.3) is 5.91 Å². The summed E-state index contributed by atoms with van der Waals surface area (Å²) in [7, 11) is 1.61. The molecule has 0 saturated heterocycles. The van der Waals surface area contributed by atoms with E-state index in [0.717, 1.165) is 17.0 Å². The molecule has 0 fully saturated rings. The molecule has 5 nitrogen and oxygen atoms in total. The summed E-state index contributed by atoms with van der Waals surface area (Å²) >= 11 is 1.41. The Hall–Kier alpha value is -2.08. The second-order valence-electron chi connectivity index (χ2n) is 5.35. The summed E-state index contributed by atoms with van der Waals surface area (Å²) in [5.74, 6) is 1.21. The molecule has 0 bridgehead atoms. The zero-order valence-corrected chi connectivity index (χ0v) is 14.7. The van der Waals surface area contributed by atoms with Crippen molar-refractivity contribution in [3.8, 4) is 11.5 Å². The summed E-state index contributed by atoms with van der Waals surface area (Å²) < 4.78 is 11.1. The molecule has 1 aromatic carbocycles. The number of hydrogen-bond donors (Lipinski definition) is 1. The number of rotatable bonds is 7. The number of nitrogens with zero attached hydrogens (tertiary/aromatic N) is 1. The number of aryl methyl sites for hydroxylation is 1. The van der Waals surface area contributed by atoms with Gasteiger partial charge < -0.3 is 14.8 Å². The minimum absolute atomic E-state index is 0.140. The van der Waals surface area contributed by atoms with Crippen molar-refractivity contribution in [3.63, 3.8) is 0 Å². The maximum Gasteiger partial charge on any atom is 0.270 e. The SMILES string of the molecule is CC[C@@H](C)NC(=O)c1csc(COc2ccc(C)cc2OC)n1. The van der Waals surface area contributed by atoms with Crippen LogP contribution in [0.15, 0.2) is 23.6 Å². The molecule has 23 heavy (non-hydrogen) atoms. The van der Waals surface area contributed by atoms with E-state index in [-0.39, 0.29) is 11.9 Å². The smallest absolute Gasteiger partial charge is 0.270 e. The molecule has 0 aliphatic rings. The van der Waals surface area contributed by atoms with Gasteiger partial charge in [-0.05, 0) is 38.0 Å². The van der Waals surface area contributed by atoms with Crippen molar-refractivity contribution in [2.24, 2.45) is 0 Å². The number of hydrogen-bond acceptors (Lipinski definition) is 5. The van der Waals surface area contributed by atoms with Gasteiger partial charge in [0, 0.05) is 11.4 Å². The number of thiazole rings is 1. The summed E-state index contributed by atoms with van der Waals surface area (Å²) in [4.78, 5) is 16.3. The van der Waals surface area contributed by atoms with Gasteiger partial charge in [-0.3, -0.25) is 4.79 Å². The third-order valence-electron chi connectivity index (χ3n) is 3.44. The molecule has 1 aromatic heterocycles. The minimum Gasteiger partial charge on any atom is -0.493 e. The number of methoxy groups -OCH3 is 1. The van der Waals surface area contributed by atoms with Crippen molar-refractivity contribution in [3.05, 3.63) is 39.8 Å². The summed E-state index contributed by atoms with van der Waals surface area (Å²) in [6, 6.07) is 5.89. The number of benzene rings is 1. The predicted octanol–water partition coefficient (Wildman–Crippen LogP) is 3.57. The topological polar surface area (TPSA) is 60.5 Å². The van der Waals surface area contributed by atoms with Gasteiger partial charge in [-0.15, -0.1) is 11.3 Å². The quantitative estimate of drug-likeness (QED) is 0.841. The van der Waals surface area contributed by atoms with Crippen LogP contribution in [0.3, 0.4) is 0 Å². The Morgan fingerprint density at radius 2 is 2.17 bits per heavy atom. The van der Waals surface area contributed by atoms with Gasteiger partial charge in [0.2, 0.25) is 0 Å². The summed E-state index contributed by atoms with van der Waals surface area (Å²) in [5, 5.41) is 5.41. The molecule has 1 amide bonds. The van der Waals surface area contributed by atoms with E-state index in [1.54, 1.807) is 12.5 Å². The monoisotopic (exact) mass is 334 g/mol. The average Bonchev–Trinajstić information content (AvgIpc) is 3.02. The van der Waals surface area contributed by atoms with E-state index in [4.69, 9.17) is 9.47 Å². The van der Waals surface area contributed by atoms with Gasteiger partial charge in [-0.25, -0.2) is 4.98 Å². The lowest BCUT2D eigenvalue weighted by Crippen LogP contribution is -2.32. The van der Waals surface area contributed by atoms with Crippen molar-refractivity contribution in [1.29, 1.82) is 0 Å². The van der Waals surface area contributed by atoms with Crippen LogP contribution in [-0.4, -0.2) is 24.0 Å². The van der Waals surface area contributed by atoms with Crippen LogP contribution in [0, 0.1) is 6.92 Å². The molecule has 124 valence electrons. The van der Waals surface area contributed by atoms with Crippen LogP contribution in [0.1, 0.15) is 41.3 Å². The van der Waals surface area contributed by atoms with E-state index in [1.807, 2.05) is 39.0 Å². The first kappa shape index (κ1) is 17.3. The van der Waals surface area contributed by atoms with Gasteiger partial charge in [-0.1, -0.05) is 13.0 Å². The Morgan fingerprint density at radius 3 is 2.87 bits per heavy atom. The van der Waals surface area contributed by atoms with Crippen LogP contribution >= 0.6 is 11.3 Å². The minimum atomic E-state index is -0.144. The lowest BCUT2D eigenvalue weighted by atomic mass is 10.2. The molecule has 0 radical (unpaired) electrons. The summed E-state index contributed by atoms with van der Waals surface area (Å²) in [5.41, 5.74) is 1.54. The Kier molecular flexibility index (Phi) is 5.98. The van der Waals surface area contributed by atoms with E-state index in [9.17, 15) is 4.79 Å². The highest BCUT2D eigenvalue weighted by Crippen LogP contribution is 2.28. The fraction of sp³-hybridized carbons (Fsp3) is 0.412. The Morgan fingerprint density at radius 1 is 1.39 bits per heavy atom. The van der Waals surface area contributed by atoms with E-state index in [2.05, 4.69) is 10.3 Å². The fourth-order valence-electron chi connectivity index (χ4n) is 1.91. The largest absolute Gasteiger partial charge is 0.493 e. The molecule has 2 rings (SSSR count). The van der Waals surface area contributed by atoms with E-state index in [1.165, 1.54) is 11.3 Å². The number of ether oxygens (including phenoxy) is 2. The normalized spacial score (nSPS) is 11.8. The first-order valence-electron chi connectivity index (χ1n) is 7.56. The maximum absolute atomic E-state index is 12.0. The van der Waals surface area contributed by atoms with Crippen molar-refractivity contribution >= 4 is 17.2 Å². The molecule has 0 unspecified atom stereocenters. The van der Waals surface area contributed by atoms with Gasteiger partial charge >= 0.3 is 0 Å². The predicted molar refractivity (Wildman–Crippen MR) is 91.4 cm³/mol. The van der Waals surface area contributed by atoms with Crippen LogP contribution in [-0.2, 0) is 6.61 Å². The zero-order valence-electron chi connectivity index (χ0n) is 13.9. The number of amides is 1. The highest BCUT2D eigenvalue weighted by Gasteiger charge is 2.13. The van der Waals surface area contributed by atoms with E-state index in [0.29, 0.717) is 23.8 Å². The van der Waals surface area contributed by atoms with E-state index < -0.39 is 0 Å². The molecule has 1 atom stereocenters. The average molecular weight is 334 g/mol. The number of carbonyl (C=O) groups excluding carboxylic acids is 1. The molecule has 0 aliphatic carbocycles. The molecule has 0 saturated carbocycles. The summed E-state index contributed by atoms with van der Waals surface area (Å²) in [6.45, 7) is 6.30. The molecule has 1 N–H and O–H groups in total. The van der Waals surface area contributed by atoms with Crippen LogP contribution in [0.5, 0.6) is 11.5 Å². The van der Waals surface area contributed by atoms with Crippen molar-refractivity contribution in [2.75, 3.05) is 7.11 Å². The van der Waals surface area contributed by atoms with Crippen molar-refractivity contribution in [2.45, 2.75) is 39.8 Å². The van der Waals surface area contributed by atoms with Crippen LogP contribution in [0.25, 0.3) is 0 Å². The highest BCUT2D eigenvalue weighted by molar-refractivity contribution is 7.09. The fourth-order valence-corrected chi connectivity index (χ4v) is 2.60. The van der Waals surface area contributed by atoms with Gasteiger partial charge in [0.05, 0.1) is 7.11 Å². The molecule has 0 spiro atoms. The standard InChI is InChI=1S/C17H22N2O3S/c1-5-12(3)18-17(20)13-10-23-16(19-13)9-22-14-7-6-11(2)8-15(14)21-4/h6-8,10,12H,5,9H2,1-4H3,(H,18,20)/t12-/m1/s1. The maximum atomic E-state index is 12.0. The molecule has 2 aromatic rings. The number of nitrogens with one attached hydrogen (secondary N) is 1. The van der Waals surface area contributed by atoms with E-state index >= 15 is 0 Å². The molecule has 1 heterocycles. The second kappa shape index (κ2) is 7.97. The Labute approximate surface area is 140 Å². The van der Waals surface area contributed by atoms with Crippen LogP contribution in [0.2, 0.25) is 0 Å². The lowest BCUT2D eigenvalue weighted by molar-refractivity contribution is 0.0934. The van der Waals surface area contributed by atoms with Crippen molar-refractivity contribution < 1.29 is 14.3 Å². The van der Waals surface area contributed by atoms with Crippen molar-refractivity contribution in [1.82, 2.24) is 10.3 Å². The third-order valence-corrected chi connectivity index (χ3v) is 4.27. The van der Waals surface area contributed by atoms with Gasteiger partial charge in [-0.2, -0.15) is 0 Å². The molecule has 6 heteroatoms. The zero-order chi connectivity index (χ0) is 16.8. The molecule has 0 aliphatic heterocycles. The first-order valence-corrected chi connectivity index (χ1v) is 8.44. The Balaban J connectivity index is 1.98. The van der Waals surface area contributed by atoms with Gasteiger partial charge in [0.15, 0.2) is 11.5 Å². The Bertz CT molecular complexity index is 670. The third kappa shape index (κ3) is 4.69. The first-order chi connectivity index (χ1) is 11.0. The number of carbonyl (C=O) groups is 1. The summed E-state index contributed by atoms with van der Waals surface area (Å²) in [6.07, 6.45) is 0.888. The second-order valence-corrected chi connectivity index (χ2v) is 6.29. The van der Waals surface area contributed by atoms with Gasteiger partial charge in [0.1, 0.15) is 17.3 Å². The molecular weight excluding hydrogens is 312 g/mol. The highest BCUT2D eigenvalue weighted by atomic mass is 32.1. The number of aromatic nitrogens is 1. The lowest BCUT2D eigenvalue weighted by Gasteiger charge is -2.10. The van der Waals surface area contributed by atoms with Crippen LogP contribution < -0.4 is 14.8 Å².